The highest BCUT2D eigenvalue weighted by Crippen LogP contribution is 1.99. The molecule has 14 heavy (non-hydrogen) atoms. The average Bonchev–Trinajstić information content (AvgIpc) is 2.19. The van der Waals surface area contributed by atoms with Crippen LogP contribution in [-0.2, 0) is 19.0 Å². The van der Waals surface area contributed by atoms with E-state index >= 15 is 0 Å². The van der Waals surface area contributed by atoms with Crippen LogP contribution in [0.1, 0.15) is 6.92 Å². The Bertz CT molecular complexity index is 180. The van der Waals surface area contributed by atoms with Gasteiger partial charge in [-0.25, -0.2) is 0 Å². The normalized spacial score (nSPS) is 24.3. The Kier molecular flexibility index (Phi) is 4.86. The number of hydrogen-bond donors (Lipinski definition) is 1. The van der Waals surface area contributed by atoms with Crippen LogP contribution in [0.5, 0.6) is 0 Å². The first-order valence-electron chi connectivity index (χ1n) is 4.74. The molecular formula is C9H17NO4. The lowest BCUT2D eigenvalue weighted by molar-refractivity contribution is -0.156. The standard InChI is InChI=1S/C9H17NO4/c1-7(5-12-2)14-9(11)8-6-13-4-3-10-8/h7-8,10H,3-6H2,1-2H3. The molecule has 1 aliphatic rings. The monoisotopic (exact) mass is 203 g/mol. The minimum atomic E-state index is -0.331. The third-order valence-corrected chi connectivity index (χ3v) is 1.92. The van der Waals surface area contributed by atoms with E-state index in [9.17, 15) is 4.79 Å². The molecule has 1 N–H and O–H groups in total. The van der Waals surface area contributed by atoms with Crippen molar-refractivity contribution in [1.82, 2.24) is 5.32 Å². The molecule has 1 heterocycles. The summed E-state index contributed by atoms with van der Waals surface area (Å²) in [5.74, 6) is -0.269. The lowest BCUT2D eigenvalue weighted by Crippen LogP contribution is -2.48. The van der Waals surface area contributed by atoms with E-state index in [0.29, 0.717) is 26.4 Å². The molecular weight excluding hydrogens is 186 g/mol. The average molecular weight is 203 g/mol. The molecule has 2 unspecified atom stereocenters. The number of hydrogen-bond acceptors (Lipinski definition) is 5. The minimum absolute atomic E-state index is 0.212. The van der Waals surface area contributed by atoms with Crippen LogP contribution in [0.15, 0.2) is 0 Å². The molecule has 5 nitrogen and oxygen atoms in total. The number of esters is 1. The molecule has 0 amide bonds. The Morgan fingerprint density at radius 3 is 3.07 bits per heavy atom. The second kappa shape index (κ2) is 5.95. The lowest BCUT2D eigenvalue weighted by atomic mass is 10.3. The van der Waals surface area contributed by atoms with E-state index in [0.717, 1.165) is 0 Å². The van der Waals surface area contributed by atoms with Gasteiger partial charge in [0.15, 0.2) is 0 Å². The van der Waals surface area contributed by atoms with Crippen LogP contribution < -0.4 is 5.32 Å². The van der Waals surface area contributed by atoms with E-state index in [1.165, 1.54) is 0 Å². The van der Waals surface area contributed by atoms with Crippen LogP contribution in [-0.4, -0.2) is 51.6 Å². The first kappa shape index (κ1) is 11.4. The van der Waals surface area contributed by atoms with Crippen molar-refractivity contribution in [3.63, 3.8) is 0 Å². The maximum Gasteiger partial charge on any atom is 0.325 e. The van der Waals surface area contributed by atoms with Gasteiger partial charge in [0.2, 0.25) is 0 Å². The molecule has 0 bridgehead atoms. The van der Waals surface area contributed by atoms with E-state index in [4.69, 9.17) is 14.2 Å². The first-order valence-corrected chi connectivity index (χ1v) is 4.74. The summed E-state index contributed by atoms with van der Waals surface area (Å²) in [7, 11) is 1.58. The van der Waals surface area contributed by atoms with Crippen molar-refractivity contribution in [2.45, 2.75) is 19.1 Å². The van der Waals surface area contributed by atoms with Crippen molar-refractivity contribution in [2.75, 3.05) is 33.5 Å². The maximum absolute atomic E-state index is 11.5. The van der Waals surface area contributed by atoms with E-state index < -0.39 is 0 Å². The van der Waals surface area contributed by atoms with E-state index in [-0.39, 0.29) is 18.1 Å². The van der Waals surface area contributed by atoms with Gasteiger partial charge < -0.3 is 19.5 Å². The maximum atomic E-state index is 11.5. The fourth-order valence-corrected chi connectivity index (χ4v) is 1.27. The number of morpholine rings is 1. The number of ether oxygens (including phenoxy) is 3. The second-order valence-electron chi connectivity index (χ2n) is 3.28. The Morgan fingerprint density at radius 1 is 1.71 bits per heavy atom. The van der Waals surface area contributed by atoms with E-state index in [1.807, 2.05) is 0 Å². The molecule has 0 aromatic rings. The lowest BCUT2D eigenvalue weighted by Gasteiger charge is -2.23. The highest BCUT2D eigenvalue weighted by Gasteiger charge is 2.23. The van der Waals surface area contributed by atoms with Gasteiger partial charge in [-0.2, -0.15) is 0 Å². The summed E-state index contributed by atoms with van der Waals surface area (Å²) in [5, 5.41) is 3.03. The fraction of sp³-hybridized carbons (Fsp3) is 0.889. The van der Waals surface area contributed by atoms with Crippen LogP contribution in [0.2, 0.25) is 0 Å². The molecule has 0 aromatic carbocycles. The summed E-state index contributed by atoms with van der Waals surface area (Å²) in [4.78, 5) is 11.5. The van der Waals surface area contributed by atoms with Gasteiger partial charge in [0.1, 0.15) is 12.1 Å². The first-order chi connectivity index (χ1) is 6.74. The van der Waals surface area contributed by atoms with Crippen LogP contribution in [0, 0.1) is 0 Å². The molecule has 0 saturated carbocycles. The third kappa shape index (κ3) is 3.61. The summed E-state index contributed by atoms with van der Waals surface area (Å²) in [6.45, 7) is 3.94. The molecule has 0 radical (unpaired) electrons. The summed E-state index contributed by atoms with van der Waals surface area (Å²) in [5.41, 5.74) is 0. The quantitative estimate of drug-likeness (QED) is 0.627. The summed E-state index contributed by atoms with van der Waals surface area (Å²) in [6, 6.07) is -0.331. The van der Waals surface area contributed by atoms with E-state index in [2.05, 4.69) is 5.32 Å². The zero-order valence-corrected chi connectivity index (χ0v) is 8.62. The Labute approximate surface area is 83.7 Å². The van der Waals surface area contributed by atoms with Gasteiger partial charge in [-0.05, 0) is 6.92 Å². The smallest absolute Gasteiger partial charge is 0.325 e. The fourth-order valence-electron chi connectivity index (χ4n) is 1.27. The van der Waals surface area contributed by atoms with Crippen molar-refractivity contribution in [3.05, 3.63) is 0 Å². The van der Waals surface area contributed by atoms with Crippen LogP contribution in [0.4, 0.5) is 0 Å². The van der Waals surface area contributed by atoms with Crippen molar-refractivity contribution in [2.24, 2.45) is 0 Å². The molecule has 0 spiro atoms. The molecule has 0 aliphatic carbocycles. The summed E-state index contributed by atoms with van der Waals surface area (Å²) in [6.07, 6.45) is -0.212. The van der Waals surface area contributed by atoms with Gasteiger partial charge in [-0.3, -0.25) is 4.79 Å². The Morgan fingerprint density at radius 2 is 2.50 bits per heavy atom. The topological polar surface area (TPSA) is 56.8 Å². The predicted octanol–water partition coefficient (Wildman–Crippen LogP) is -0.447. The summed E-state index contributed by atoms with van der Waals surface area (Å²) >= 11 is 0. The molecule has 1 fully saturated rings. The van der Waals surface area contributed by atoms with Crippen molar-refractivity contribution < 1.29 is 19.0 Å². The van der Waals surface area contributed by atoms with Gasteiger partial charge in [-0.15, -0.1) is 0 Å². The highest BCUT2D eigenvalue weighted by molar-refractivity contribution is 5.76. The molecule has 0 aromatic heterocycles. The number of nitrogens with one attached hydrogen (secondary N) is 1. The number of carbonyl (C=O) groups excluding carboxylic acids is 1. The van der Waals surface area contributed by atoms with Gasteiger partial charge in [0, 0.05) is 13.7 Å². The third-order valence-electron chi connectivity index (χ3n) is 1.92. The van der Waals surface area contributed by atoms with Crippen LogP contribution >= 0.6 is 0 Å². The SMILES string of the molecule is COCC(C)OC(=O)C1COCCN1. The number of carbonyl (C=O) groups is 1. The predicted molar refractivity (Wildman–Crippen MR) is 50.0 cm³/mol. The van der Waals surface area contributed by atoms with Gasteiger partial charge in [0.05, 0.1) is 19.8 Å². The number of rotatable bonds is 4. The zero-order chi connectivity index (χ0) is 10.4. The van der Waals surface area contributed by atoms with Gasteiger partial charge in [-0.1, -0.05) is 0 Å². The van der Waals surface area contributed by atoms with Crippen LogP contribution in [0.3, 0.4) is 0 Å². The molecule has 1 rings (SSSR count). The molecule has 1 saturated heterocycles. The molecule has 2 atom stereocenters. The zero-order valence-electron chi connectivity index (χ0n) is 8.62. The largest absolute Gasteiger partial charge is 0.459 e. The number of methoxy groups -OCH3 is 1. The highest BCUT2D eigenvalue weighted by atomic mass is 16.6. The second-order valence-corrected chi connectivity index (χ2v) is 3.28. The van der Waals surface area contributed by atoms with E-state index in [1.54, 1.807) is 14.0 Å². The van der Waals surface area contributed by atoms with Gasteiger partial charge >= 0.3 is 5.97 Å². The van der Waals surface area contributed by atoms with Crippen LogP contribution in [0.25, 0.3) is 0 Å². The van der Waals surface area contributed by atoms with Crippen molar-refractivity contribution in [3.8, 4) is 0 Å². The summed E-state index contributed by atoms with van der Waals surface area (Å²) < 4.78 is 15.1. The molecule has 82 valence electrons. The Balaban J connectivity index is 2.25. The Hall–Kier alpha value is -0.650. The minimum Gasteiger partial charge on any atom is -0.459 e. The van der Waals surface area contributed by atoms with Gasteiger partial charge in [0.25, 0.3) is 0 Å². The molecule has 1 aliphatic heterocycles. The molecule has 5 heteroatoms. The van der Waals surface area contributed by atoms with Crippen molar-refractivity contribution in [1.29, 1.82) is 0 Å². The van der Waals surface area contributed by atoms with Crippen molar-refractivity contribution >= 4 is 5.97 Å².